The first-order valence-corrected chi connectivity index (χ1v) is 18.2. The Morgan fingerprint density at radius 1 is 0.957 bits per heavy atom. The van der Waals surface area contributed by atoms with Crippen LogP contribution >= 0.6 is 0 Å². The van der Waals surface area contributed by atoms with Crippen molar-refractivity contribution in [2.75, 3.05) is 14.1 Å². The van der Waals surface area contributed by atoms with Gasteiger partial charge in [0.05, 0.1) is 18.0 Å². The summed E-state index contributed by atoms with van der Waals surface area (Å²) in [4.78, 5) is 53.7. The van der Waals surface area contributed by atoms with Gasteiger partial charge in [-0.1, -0.05) is 55.4 Å². The van der Waals surface area contributed by atoms with E-state index in [4.69, 9.17) is 4.74 Å². The van der Waals surface area contributed by atoms with Crippen molar-refractivity contribution in [3.63, 3.8) is 0 Å². The molecule has 4 saturated carbocycles. The molecular formula is C39H62N2O5. The molecule has 1 amide bonds. The van der Waals surface area contributed by atoms with E-state index in [1.54, 1.807) is 13.8 Å². The van der Waals surface area contributed by atoms with Gasteiger partial charge >= 0.3 is 5.97 Å². The maximum absolute atomic E-state index is 13.7. The Labute approximate surface area is 278 Å². The molecule has 0 spiro atoms. The molecule has 46 heavy (non-hydrogen) atoms. The molecule has 5 aliphatic rings. The Morgan fingerprint density at radius 3 is 2.22 bits per heavy atom. The number of amides is 1. The Hall–Kier alpha value is -2.02. The molecule has 1 N–H and O–H groups in total. The molecule has 5 aliphatic carbocycles. The molecule has 8 unspecified atom stereocenters. The second-order valence-electron chi connectivity index (χ2n) is 18.4. The summed E-state index contributed by atoms with van der Waals surface area (Å²) in [5.74, 6) is 1.92. The second kappa shape index (κ2) is 11.8. The summed E-state index contributed by atoms with van der Waals surface area (Å²) in [7, 11) is 3.86. The number of rotatable bonds is 8. The number of carbonyl (C=O) groups is 4. The van der Waals surface area contributed by atoms with Crippen molar-refractivity contribution < 1.29 is 23.9 Å². The fourth-order valence-corrected chi connectivity index (χ4v) is 11.8. The molecule has 0 aromatic rings. The highest BCUT2D eigenvalue weighted by atomic mass is 16.5. The van der Waals surface area contributed by atoms with Gasteiger partial charge in [-0.15, -0.1) is 0 Å². The number of hydrogen-bond acceptors (Lipinski definition) is 6. The van der Waals surface area contributed by atoms with Gasteiger partial charge in [0.25, 0.3) is 0 Å². The van der Waals surface area contributed by atoms with Crippen LogP contribution in [0.25, 0.3) is 0 Å². The molecular weight excluding hydrogens is 576 g/mol. The molecule has 0 bridgehead atoms. The highest BCUT2D eigenvalue weighted by Crippen LogP contribution is 2.72. The third kappa shape index (κ3) is 5.52. The number of aldehydes is 1. The lowest BCUT2D eigenvalue weighted by Crippen LogP contribution is -2.64. The van der Waals surface area contributed by atoms with Crippen molar-refractivity contribution in [3.8, 4) is 0 Å². The summed E-state index contributed by atoms with van der Waals surface area (Å²) in [6, 6.07) is -0.260. The normalized spacial score (nSPS) is 39.2. The fraction of sp³-hybridized carbons (Fsp3) is 0.846. The first-order chi connectivity index (χ1) is 21.2. The van der Waals surface area contributed by atoms with E-state index in [1.807, 2.05) is 25.9 Å². The summed E-state index contributed by atoms with van der Waals surface area (Å²) in [6.45, 7) is 19.5. The van der Waals surface area contributed by atoms with Gasteiger partial charge < -0.3 is 14.8 Å². The summed E-state index contributed by atoms with van der Waals surface area (Å²) in [5, 5.41) is 3.49. The van der Waals surface area contributed by atoms with E-state index in [9.17, 15) is 19.2 Å². The van der Waals surface area contributed by atoms with Gasteiger partial charge in [0.1, 0.15) is 12.4 Å². The molecule has 0 radical (unpaired) electrons. The van der Waals surface area contributed by atoms with Crippen molar-refractivity contribution in [3.05, 3.63) is 11.1 Å². The summed E-state index contributed by atoms with van der Waals surface area (Å²) >= 11 is 0. The van der Waals surface area contributed by atoms with Crippen molar-refractivity contribution in [2.24, 2.45) is 51.2 Å². The zero-order valence-electron chi connectivity index (χ0n) is 30.7. The number of nitrogens with one attached hydrogen (secondary N) is 1. The Balaban J connectivity index is 1.43. The minimum atomic E-state index is -0.713. The quantitative estimate of drug-likeness (QED) is 0.229. The van der Waals surface area contributed by atoms with E-state index in [1.165, 1.54) is 5.57 Å². The number of likely N-dealkylation sites (N-methyl/N-ethyl adjacent to an activating group) is 1. The highest BCUT2D eigenvalue weighted by Gasteiger charge is 2.67. The molecule has 5 rings (SSSR count). The largest absolute Gasteiger partial charge is 0.462 e. The molecule has 7 heteroatoms. The summed E-state index contributed by atoms with van der Waals surface area (Å²) in [6.07, 6.45) is 9.41. The Bertz CT molecular complexity index is 1300. The number of carbonyl (C=O) groups excluding carboxylic acids is 4. The minimum absolute atomic E-state index is 0.0149. The predicted molar refractivity (Wildman–Crippen MR) is 181 cm³/mol. The molecule has 9 atom stereocenters. The molecule has 0 aromatic carbocycles. The Morgan fingerprint density at radius 2 is 1.61 bits per heavy atom. The first-order valence-electron chi connectivity index (χ1n) is 18.2. The first kappa shape index (κ1) is 35.3. The zero-order valence-corrected chi connectivity index (χ0v) is 30.7. The number of nitrogens with zero attached hydrogens (tertiary/aromatic N) is 1. The topological polar surface area (TPSA) is 92.8 Å². The van der Waals surface area contributed by atoms with Crippen LogP contribution in [0.5, 0.6) is 0 Å². The van der Waals surface area contributed by atoms with E-state index < -0.39 is 11.0 Å². The summed E-state index contributed by atoms with van der Waals surface area (Å²) in [5.41, 5.74) is 1.14. The Kier molecular flexibility index (Phi) is 9.08. The van der Waals surface area contributed by atoms with E-state index in [2.05, 4.69) is 46.9 Å². The maximum atomic E-state index is 13.7. The minimum Gasteiger partial charge on any atom is -0.462 e. The summed E-state index contributed by atoms with van der Waals surface area (Å²) < 4.78 is 6.18. The van der Waals surface area contributed by atoms with Gasteiger partial charge in [0, 0.05) is 17.3 Å². The number of ether oxygens (including phenoxy) is 1. The lowest BCUT2D eigenvalue weighted by molar-refractivity contribution is -0.213. The standard InChI is InChI=1S/C39H62N2O5/c1-23(2)32-27(43)20-39(40-34(45)24(3)41(10)11)19-14-26-25(33(32)39)12-13-29-37(26,8)17-15-28-36(6,7)30(16-18-38(28,29)9)46-31(44)21-35(4,5)22-42/h22-26,28-30H,12-21H2,1-11H3,(H,40,45)/t24?,25?,26?,28?,29?,30?,37?,38?,39-/m1/s1. The number of Topliss-reactive ketones (excluding diaryl/α,β-unsaturated/α-hetero) is 1. The van der Waals surface area contributed by atoms with Gasteiger partial charge in [-0.3, -0.25) is 19.3 Å². The molecule has 0 saturated heterocycles. The van der Waals surface area contributed by atoms with Crippen molar-refractivity contribution >= 4 is 23.9 Å². The number of ketones is 1. The zero-order chi connectivity index (χ0) is 34.2. The third-order valence-electron chi connectivity index (χ3n) is 14.2. The lowest BCUT2D eigenvalue weighted by atomic mass is 9.37. The molecule has 0 aliphatic heterocycles. The van der Waals surface area contributed by atoms with E-state index >= 15 is 0 Å². The predicted octanol–water partition coefficient (Wildman–Crippen LogP) is 6.92. The maximum Gasteiger partial charge on any atom is 0.307 e. The van der Waals surface area contributed by atoms with E-state index in [-0.39, 0.29) is 58.4 Å². The van der Waals surface area contributed by atoms with Crippen LogP contribution in [0.1, 0.15) is 127 Å². The van der Waals surface area contributed by atoms with Crippen LogP contribution in [0.3, 0.4) is 0 Å². The average Bonchev–Trinajstić information content (AvgIpc) is 3.25. The van der Waals surface area contributed by atoms with Gasteiger partial charge in [-0.25, -0.2) is 0 Å². The second-order valence-corrected chi connectivity index (χ2v) is 18.4. The number of esters is 1. The van der Waals surface area contributed by atoms with Gasteiger partial charge in [0.15, 0.2) is 5.78 Å². The molecule has 4 fully saturated rings. The molecule has 0 aromatic heterocycles. The van der Waals surface area contributed by atoms with Crippen LogP contribution in [0.15, 0.2) is 11.1 Å². The van der Waals surface area contributed by atoms with Crippen LogP contribution in [0, 0.1) is 51.2 Å². The van der Waals surface area contributed by atoms with Crippen LogP contribution in [-0.2, 0) is 23.9 Å². The van der Waals surface area contributed by atoms with Crippen LogP contribution in [0.4, 0.5) is 0 Å². The van der Waals surface area contributed by atoms with Gasteiger partial charge in [-0.2, -0.15) is 0 Å². The number of fused-ring (bicyclic) bond motifs is 7. The molecule has 0 heterocycles. The van der Waals surface area contributed by atoms with Gasteiger partial charge in [0.2, 0.25) is 5.91 Å². The van der Waals surface area contributed by atoms with Crippen LogP contribution < -0.4 is 5.32 Å². The monoisotopic (exact) mass is 638 g/mol. The SMILES string of the molecule is CC(C)C1=C2C3CCC4C(C)(CCC5C(C)(C)C(OC(=O)CC(C)(C)C=O)CCC54C)C3CC[C@@]2(NC(=O)C(C)N(C)C)CC1=O. The average molecular weight is 639 g/mol. The van der Waals surface area contributed by atoms with Gasteiger partial charge in [-0.05, 0) is 124 Å². The van der Waals surface area contributed by atoms with Crippen LogP contribution in [-0.4, -0.2) is 60.6 Å². The smallest absolute Gasteiger partial charge is 0.307 e. The number of allylic oxidation sites excluding steroid dienone is 1. The molecule has 258 valence electrons. The number of hydrogen-bond donors (Lipinski definition) is 1. The van der Waals surface area contributed by atoms with Crippen molar-refractivity contribution in [1.29, 1.82) is 0 Å². The van der Waals surface area contributed by atoms with Crippen LogP contribution in [0.2, 0.25) is 0 Å². The fourth-order valence-electron chi connectivity index (χ4n) is 11.8. The van der Waals surface area contributed by atoms with Crippen molar-refractivity contribution in [1.82, 2.24) is 10.2 Å². The third-order valence-corrected chi connectivity index (χ3v) is 14.2. The highest BCUT2D eigenvalue weighted by molar-refractivity contribution is 6.02. The van der Waals surface area contributed by atoms with Crippen molar-refractivity contribution in [2.45, 2.75) is 144 Å². The van der Waals surface area contributed by atoms with E-state index in [0.717, 1.165) is 63.2 Å². The molecule has 7 nitrogen and oxygen atoms in total. The lowest BCUT2D eigenvalue weighted by Gasteiger charge is -2.68. The van der Waals surface area contributed by atoms with E-state index in [0.29, 0.717) is 30.1 Å².